The Hall–Kier alpha value is -1.14. The van der Waals surface area contributed by atoms with E-state index in [1.807, 2.05) is 34.6 Å². The van der Waals surface area contributed by atoms with Crippen LogP contribution in [0.5, 0.6) is 0 Å². The van der Waals surface area contributed by atoms with Crippen molar-refractivity contribution in [3.63, 3.8) is 0 Å². The van der Waals surface area contributed by atoms with Gasteiger partial charge in [0.15, 0.2) is 0 Å². The van der Waals surface area contributed by atoms with Gasteiger partial charge in [0.2, 0.25) is 0 Å². The summed E-state index contributed by atoms with van der Waals surface area (Å²) in [5.74, 6) is 0. The zero-order valence-electron chi connectivity index (χ0n) is 14.2. The maximum Gasteiger partial charge on any atom is 0.407 e. The minimum Gasteiger partial charge on any atom is -0.444 e. The van der Waals surface area contributed by atoms with Gasteiger partial charge in [-0.25, -0.2) is 9.78 Å². The van der Waals surface area contributed by atoms with Crippen molar-refractivity contribution >= 4 is 17.4 Å². The van der Waals surface area contributed by atoms with E-state index in [1.54, 1.807) is 11.3 Å². The summed E-state index contributed by atoms with van der Waals surface area (Å²) >= 11 is 1.74. The highest BCUT2D eigenvalue weighted by atomic mass is 32.1. The predicted octanol–water partition coefficient (Wildman–Crippen LogP) is 3.30. The largest absolute Gasteiger partial charge is 0.444 e. The molecule has 0 spiro atoms. The zero-order chi connectivity index (χ0) is 16.3. The highest BCUT2D eigenvalue weighted by Crippen LogP contribution is 2.22. The maximum atomic E-state index is 11.9. The van der Waals surface area contributed by atoms with E-state index >= 15 is 0 Å². The average Bonchev–Trinajstić information content (AvgIpc) is 2.91. The Balaban J connectivity index is 1.85. The van der Waals surface area contributed by atoms with Gasteiger partial charge >= 0.3 is 6.09 Å². The number of thiazole rings is 1. The number of aromatic nitrogens is 1. The molecule has 0 radical (unpaired) electrons. The summed E-state index contributed by atoms with van der Waals surface area (Å²) in [5, 5.41) is 7.68. The molecule has 0 aliphatic heterocycles. The van der Waals surface area contributed by atoms with Crippen molar-refractivity contribution in [1.29, 1.82) is 0 Å². The molecule has 2 rings (SSSR count). The van der Waals surface area contributed by atoms with Crippen molar-refractivity contribution in [2.75, 3.05) is 0 Å². The number of aryl methyl sites for hydroxylation is 2. The number of hydrogen-bond acceptors (Lipinski definition) is 5. The third-order valence-electron chi connectivity index (χ3n) is 3.74. The third kappa shape index (κ3) is 4.95. The highest BCUT2D eigenvalue weighted by Gasteiger charge is 2.30. The van der Waals surface area contributed by atoms with Crippen LogP contribution < -0.4 is 10.6 Å². The average molecular weight is 325 g/mol. The molecule has 0 aromatic carbocycles. The Morgan fingerprint density at radius 3 is 2.59 bits per heavy atom. The predicted molar refractivity (Wildman–Crippen MR) is 89.2 cm³/mol. The monoisotopic (exact) mass is 325 g/mol. The first kappa shape index (κ1) is 17.2. The minimum absolute atomic E-state index is 0.143. The maximum absolute atomic E-state index is 11.9. The van der Waals surface area contributed by atoms with Crippen molar-refractivity contribution in [2.24, 2.45) is 0 Å². The van der Waals surface area contributed by atoms with Crippen LogP contribution in [-0.4, -0.2) is 28.8 Å². The fourth-order valence-corrected chi connectivity index (χ4v) is 3.69. The van der Waals surface area contributed by atoms with Gasteiger partial charge in [-0.05, 0) is 53.9 Å². The quantitative estimate of drug-likeness (QED) is 0.891. The van der Waals surface area contributed by atoms with Gasteiger partial charge in [-0.3, -0.25) is 0 Å². The molecule has 1 aliphatic rings. The van der Waals surface area contributed by atoms with Crippen LogP contribution in [0.25, 0.3) is 0 Å². The van der Waals surface area contributed by atoms with Gasteiger partial charge in [0, 0.05) is 23.5 Å². The molecule has 1 fully saturated rings. The molecule has 1 amide bonds. The number of nitrogens with zero attached hydrogens (tertiary/aromatic N) is 1. The lowest BCUT2D eigenvalue weighted by molar-refractivity contribution is 0.0498. The van der Waals surface area contributed by atoms with Crippen LogP contribution in [0.15, 0.2) is 0 Å². The summed E-state index contributed by atoms with van der Waals surface area (Å²) in [5.41, 5.74) is 0.646. The van der Waals surface area contributed by atoms with Gasteiger partial charge in [-0.2, -0.15) is 0 Å². The van der Waals surface area contributed by atoms with Gasteiger partial charge in [0.1, 0.15) is 5.60 Å². The van der Waals surface area contributed by atoms with Crippen LogP contribution in [0.3, 0.4) is 0 Å². The molecule has 2 atom stereocenters. The van der Waals surface area contributed by atoms with E-state index in [1.165, 1.54) is 4.88 Å². The van der Waals surface area contributed by atoms with E-state index in [2.05, 4.69) is 15.6 Å². The molecule has 0 bridgehead atoms. The second kappa shape index (κ2) is 6.96. The lowest BCUT2D eigenvalue weighted by Crippen LogP contribution is -2.47. The van der Waals surface area contributed by atoms with Crippen LogP contribution in [-0.2, 0) is 11.3 Å². The molecule has 2 unspecified atom stereocenters. The summed E-state index contributed by atoms with van der Waals surface area (Å²) in [6.45, 7) is 10.5. The molecule has 6 heteroatoms. The molecule has 1 aliphatic carbocycles. The Morgan fingerprint density at radius 2 is 2.00 bits per heavy atom. The highest BCUT2D eigenvalue weighted by molar-refractivity contribution is 7.11. The molecule has 1 heterocycles. The summed E-state index contributed by atoms with van der Waals surface area (Å²) < 4.78 is 5.35. The second-order valence-corrected chi connectivity index (χ2v) is 8.20. The van der Waals surface area contributed by atoms with Crippen LogP contribution >= 0.6 is 11.3 Å². The Labute approximate surface area is 136 Å². The molecule has 1 aromatic rings. The molecule has 1 saturated carbocycles. The summed E-state index contributed by atoms with van der Waals surface area (Å²) in [7, 11) is 0. The molecular weight excluding hydrogens is 298 g/mol. The van der Waals surface area contributed by atoms with Gasteiger partial charge in [-0.1, -0.05) is 0 Å². The molecule has 2 N–H and O–H groups in total. The molecule has 124 valence electrons. The van der Waals surface area contributed by atoms with E-state index in [0.29, 0.717) is 6.04 Å². The number of amides is 1. The van der Waals surface area contributed by atoms with Crippen LogP contribution in [0.4, 0.5) is 4.79 Å². The number of carbonyl (C=O) groups excluding carboxylic acids is 1. The van der Waals surface area contributed by atoms with Gasteiger partial charge in [0.05, 0.1) is 10.7 Å². The Kier molecular flexibility index (Phi) is 5.45. The fraction of sp³-hybridized carbons (Fsp3) is 0.750. The first-order valence-electron chi connectivity index (χ1n) is 7.90. The number of alkyl carbamates (subject to hydrolysis) is 1. The minimum atomic E-state index is -0.455. The molecule has 5 nitrogen and oxygen atoms in total. The number of ether oxygens (including phenoxy) is 1. The number of carbonyl (C=O) groups is 1. The molecular formula is C16H27N3O2S. The van der Waals surface area contributed by atoms with Gasteiger partial charge < -0.3 is 15.4 Å². The standard InChI is InChI=1S/C16H27N3O2S/c1-10-14(22-11(2)18-10)9-17-12-7-6-8-13(12)19-15(20)21-16(3,4)5/h12-13,17H,6-9H2,1-5H3,(H,19,20). The first-order chi connectivity index (χ1) is 10.2. The Bertz CT molecular complexity index is 522. The Morgan fingerprint density at radius 1 is 1.32 bits per heavy atom. The van der Waals surface area contributed by atoms with E-state index in [0.717, 1.165) is 36.5 Å². The molecule has 0 saturated heterocycles. The van der Waals surface area contributed by atoms with E-state index in [-0.39, 0.29) is 12.1 Å². The second-order valence-electron chi connectivity index (χ2n) is 6.91. The lowest BCUT2D eigenvalue weighted by Gasteiger charge is -2.25. The van der Waals surface area contributed by atoms with Crippen molar-refractivity contribution < 1.29 is 9.53 Å². The normalized spacial score (nSPS) is 21.9. The van der Waals surface area contributed by atoms with Gasteiger partial charge in [-0.15, -0.1) is 11.3 Å². The van der Waals surface area contributed by atoms with Crippen molar-refractivity contribution in [3.05, 3.63) is 15.6 Å². The van der Waals surface area contributed by atoms with Crippen LogP contribution in [0.1, 0.15) is 55.6 Å². The third-order valence-corrected chi connectivity index (χ3v) is 4.82. The number of rotatable bonds is 4. The summed E-state index contributed by atoms with van der Waals surface area (Å²) in [6.07, 6.45) is 2.88. The van der Waals surface area contributed by atoms with Crippen LogP contribution in [0.2, 0.25) is 0 Å². The summed E-state index contributed by atoms with van der Waals surface area (Å²) in [4.78, 5) is 17.7. The van der Waals surface area contributed by atoms with E-state index in [4.69, 9.17) is 4.74 Å². The number of nitrogens with one attached hydrogen (secondary N) is 2. The molecule has 22 heavy (non-hydrogen) atoms. The van der Waals surface area contributed by atoms with Crippen LogP contribution in [0, 0.1) is 13.8 Å². The SMILES string of the molecule is Cc1nc(C)c(CNC2CCCC2NC(=O)OC(C)(C)C)s1. The first-order valence-corrected chi connectivity index (χ1v) is 8.72. The zero-order valence-corrected chi connectivity index (χ0v) is 15.0. The number of hydrogen-bond donors (Lipinski definition) is 2. The smallest absolute Gasteiger partial charge is 0.407 e. The topological polar surface area (TPSA) is 63.2 Å². The van der Waals surface area contributed by atoms with E-state index in [9.17, 15) is 4.79 Å². The fourth-order valence-electron chi connectivity index (χ4n) is 2.80. The molecule has 1 aromatic heterocycles. The summed E-state index contributed by atoms with van der Waals surface area (Å²) in [6, 6.07) is 0.443. The van der Waals surface area contributed by atoms with E-state index < -0.39 is 5.60 Å². The van der Waals surface area contributed by atoms with Gasteiger partial charge in [0.25, 0.3) is 0 Å². The lowest BCUT2D eigenvalue weighted by atomic mass is 10.1. The van der Waals surface area contributed by atoms with Crippen molar-refractivity contribution in [1.82, 2.24) is 15.6 Å². The van der Waals surface area contributed by atoms with Crippen molar-refractivity contribution in [2.45, 2.75) is 78.1 Å². The van der Waals surface area contributed by atoms with Crippen molar-refractivity contribution in [3.8, 4) is 0 Å².